The summed E-state index contributed by atoms with van der Waals surface area (Å²) in [5.41, 5.74) is 0. The summed E-state index contributed by atoms with van der Waals surface area (Å²) in [6.45, 7) is 1.05. The fraction of sp³-hybridized carbons (Fsp3) is 0.500. The van der Waals surface area contributed by atoms with Gasteiger partial charge in [-0.25, -0.2) is 0 Å². The van der Waals surface area contributed by atoms with Gasteiger partial charge in [-0.15, -0.1) is 0 Å². The first-order chi connectivity index (χ1) is 3.48. The molecule has 0 saturated carbocycles. The van der Waals surface area contributed by atoms with Crippen molar-refractivity contribution in [2.45, 2.75) is 13.1 Å². The minimum Gasteiger partial charge on any atom is -0.285 e. The molecule has 0 spiro atoms. The van der Waals surface area contributed by atoms with Crippen LogP contribution >= 0.6 is 0 Å². The normalized spacial score (nSPS) is 14.2. The summed E-state index contributed by atoms with van der Waals surface area (Å²) in [5, 5.41) is 9.65. The molecule has 0 saturated heterocycles. The molecule has 4 heteroatoms. The van der Waals surface area contributed by atoms with Crippen molar-refractivity contribution in [3.8, 4) is 0 Å². The molecule has 0 aromatic carbocycles. The van der Waals surface area contributed by atoms with Gasteiger partial charge in [-0.05, 0) is 13.0 Å². The second kappa shape index (κ2) is 2.07. The molecule has 0 amide bonds. The molecular formula is C4H4F3O. The predicted molar refractivity (Wildman–Crippen MR) is 20.5 cm³/mol. The van der Waals surface area contributed by atoms with Crippen molar-refractivity contribution in [2.24, 2.45) is 0 Å². The van der Waals surface area contributed by atoms with Crippen molar-refractivity contribution >= 4 is 0 Å². The number of hydrogen-bond donors (Lipinski definition) is 0. The van der Waals surface area contributed by atoms with E-state index in [1.54, 1.807) is 0 Å². The monoisotopic (exact) mass is 125 g/mol. The molecule has 0 aliphatic heterocycles. The minimum absolute atomic E-state index is 0.486. The fourth-order valence-corrected chi connectivity index (χ4v) is 0.164. The first-order valence-electron chi connectivity index (χ1n) is 1.89. The Balaban J connectivity index is 4.03. The van der Waals surface area contributed by atoms with Crippen LogP contribution in [-0.2, 0) is 5.11 Å². The van der Waals surface area contributed by atoms with Gasteiger partial charge in [0, 0.05) is 0 Å². The third-order valence-corrected chi connectivity index (χ3v) is 0.542. The molecule has 0 aliphatic rings. The van der Waals surface area contributed by atoms with Gasteiger partial charge >= 0.3 is 6.18 Å². The summed E-state index contributed by atoms with van der Waals surface area (Å²) >= 11 is 0. The van der Waals surface area contributed by atoms with Gasteiger partial charge in [-0.1, -0.05) is 0 Å². The highest BCUT2D eigenvalue weighted by atomic mass is 19.4. The lowest BCUT2D eigenvalue weighted by Gasteiger charge is -1.98. The molecule has 0 fully saturated rings. The number of alkyl halides is 3. The van der Waals surface area contributed by atoms with Crippen molar-refractivity contribution in [3.63, 3.8) is 0 Å². The van der Waals surface area contributed by atoms with Crippen LogP contribution in [0.1, 0.15) is 6.92 Å². The van der Waals surface area contributed by atoms with Crippen LogP contribution in [0.5, 0.6) is 0 Å². The van der Waals surface area contributed by atoms with Crippen LogP contribution in [-0.4, -0.2) is 6.18 Å². The molecule has 47 valence electrons. The molecule has 1 nitrogen and oxygen atoms in total. The van der Waals surface area contributed by atoms with E-state index in [-0.39, 0.29) is 0 Å². The fourth-order valence-electron chi connectivity index (χ4n) is 0.164. The van der Waals surface area contributed by atoms with Gasteiger partial charge < -0.3 is 0 Å². The molecule has 0 aromatic rings. The van der Waals surface area contributed by atoms with Gasteiger partial charge in [0.1, 0.15) is 0 Å². The highest BCUT2D eigenvalue weighted by Crippen LogP contribution is 2.22. The summed E-state index contributed by atoms with van der Waals surface area (Å²) in [6.07, 6.45) is -4.20. The maximum atomic E-state index is 11.1. The second-order valence-corrected chi connectivity index (χ2v) is 1.15. The maximum absolute atomic E-state index is 11.1. The molecule has 0 heterocycles. The number of allylic oxidation sites excluding steroid dienone is 2. The van der Waals surface area contributed by atoms with E-state index in [1.165, 1.54) is 0 Å². The maximum Gasteiger partial charge on any atom is 0.453 e. The standard InChI is InChI=1S/C4H4F3O/c1-2-3(8)4(5,6)7/h2H,1H3/b3-2-. The molecule has 0 rings (SSSR count). The Labute approximate surface area is 44.4 Å². The van der Waals surface area contributed by atoms with Crippen LogP contribution in [0, 0.1) is 0 Å². The third-order valence-electron chi connectivity index (χ3n) is 0.542. The number of halogens is 3. The zero-order chi connectivity index (χ0) is 6.78. The SMILES string of the molecule is C/C=C(\[O])C(F)(F)F. The first kappa shape index (κ1) is 7.33. The van der Waals surface area contributed by atoms with E-state index in [1.807, 2.05) is 0 Å². The van der Waals surface area contributed by atoms with E-state index in [0.29, 0.717) is 6.08 Å². The van der Waals surface area contributed by atoms with Crippen molar-refractivity contribution in [2.75, 3.05) is 0 Å². The topological polar surface area (TPSA) is 19.9 Å². The molecule has 0 aliphatic carbocycles. The number of hydrogen-bond acceptors (Lipinski definition) is 0. The second-order valence-electron chi connectivity index (χ2n) is 1.15. The van der Waals surface area contributed by atoms with Gasteiger partial charge in [-0.2, -0.15) is 13.2 Å². The van der Waals surface area contributed by atoms with E-state index >= 15 is 0 Å². The average molecular weight is 125 g/mol. The molecule has 1 radical (unpaired) electrons. The van der Waals surface area contributed by atoms with Gasteiger partial charge in [-0.3, -0.25) is 5.11 Å². The van der Waals surface area contributed by atoms with E-state index in [9.17, 15) is 18.3 Å². The molecule has 0 atom stereocenters. The van der Waals surface area contributed by atoms with Crippen LogP contribution in [0.3, 0.4) is 0 Å². The molecule has 8 heavy (non-hydrogen) atoms. The zero-order valence-electron chi connectivity index (χ0n) is 4.12. The first-order valence-corrected chi connectivity index (χ1v) is 1.89. The van der Waals surface area contributed by atoms with Gasteiger partial charge in [0.15, 0.2) is 0 Å². The Morgan fingerprint density at radius 3 is 1.88 bits per heavy atom. The van der Waals surface area contributed by atoms with Crippen LogP contribution in [0.2, 0.25) is 0 Å². The highest BCUT2D eigenvalue weighted by Gasteiger charge is 2.34. The summed E-state index contributed by atoms with van der Waals surface area (Å²) in [6, 6.07) is 0. The summed E-state index contributed by atoms with van der Waals surface area (Å²) in [4.78, 5) is 0. The lowest BCUT2D eigenvalue weighted by atomic mass is 10.5. The molecule has 0 N–H and O–H groups in total. The van der Waals surface area contributed by atoms with Crippen LogP contribution in [0.25, 0.3) is 0 Å². The van der Waals surface area contributed by atoms with Gasteiger partial charge in [0.25, 0.3) is 5.76 Å². The smallest absolute Gasteiger partial charge is 0.285 e. The summed E-state index contributed by atoms with van der Waals surface area (Å²) < 4.78 is 33.2. The van der Waals surface area contributed by atoms with Gasteiger partial charge in [0.05, 0.1) is 0 Å². The quantitative estimate of drug-likeness (QED) is 0.440. The summed E-state index contributed by atoms with van der Waals surface area (Å²) in [5.74, 6) is -1.79. The van der Waals surface area contributed by atoms with E-state index in [0.717, 1.165) is 6.92 Å². The van der Waals surface area contributed by atoms with E-state index < -0.39 is 11.9 Å². The Morgan fingerprint density at radius 1 is 1.50 bits per heavy atom. The third kappa shape index (κ3) is 1.86. The lowest BCUT2D eigenvalue weighted by molar-refractivity contribution is -0.130. The average Bonchev–Trinajstić information content (AvgIpc) is 1.62. The van der Waals surface area contributed by atoms with Crippen molar-refractivity contribution in [3.05, 3.63) is 11.8 Å². The highest BCUT2D eigenvalue weighted by molar-refractivity contribution is 4.94. The van der Waals surface area contributed by atoms with Crippen LogP contribution in [0.4, 0.5) is 13.2 Å². The lowest BCUT2D eigenvalue weighted by Crippen LogP contribution is -2.09. The molecular weight excluding hydrogens is 121 g/mol. The van der Waals surface area contributed by atoms with Crippen molar-refractivity contribution < 1.29 is 18.3 Å². The van der Waals surface area contributed by atoms with E-state index in [2.05, 4.69) is 0 Å². The minimum atomic E-state index is -4.69. The Morgan fingerprint density at radius 2 is 1.88 bits per heavy atom. The largest absolute Gasteiger partial charge is 0.453 e. The number of rotatable bonds is 0. The predicted octanol–water partition coefficient (Wildman–Crippen LogP) is 1.88. The molecule has 0 bridgehead atoms. The Kier molecular flexibility index (Phi) is 1.89. The van der Waals surface area contributed by atoms with Gasteiger partial charge in [0.2, 0.25) is 0 Å². The molecule has 0 unspecified atom stereocenters. The Hall–Kier alpha value is -0.670. The van der Waals surface area contributed by atoms with Crippen molar-refractivity contribution in [1.82, 2.24) is 0 Å². The Bertz CT molecular complexity index is 102. The van der Waals surface area contributed by atoms with Crippen LogP contribution < -0.4 is 0 Å². The van der Waals surface area contributed by atoms with E-state index in [4.69, 9.17) is 0 Å². The zero-order valence-corrected chi connectivity index (χ0v) is 4.12. The molecule has 0 aromatic heterocycles. The van der Waals surface area contributed by atoms with Crippen molar-refractivity contribution in [1.29, 1.82) is 0 Å². The van der Waals surface area contributed by atoms with Crippen LogP contribution in [0.15, 0.2) is 11.8 Å². The summed E-state index contributed by atoms with van der Waals surface area (Å²) in [7, 11) is 0.